The molecule has 4 rings (SSSR count). The highest BCUT2D eigenvalue weighted by Gasteiger charge is 2.55. The molecule has 6 nitrogen and oxygen atoms in total. The van der Waals surface area contributed by atoms with Crippen molar-refractivity contribution >= 4 is 15.9 Å². The van der Waals surface area contributed by atoms with Crippen molar-refractivity contribution in [2.75, 3.05) is 19.7 Å². The molecular weight excluding hydrogens is 424 g/mol. The minimum absolute atomic E-state index is 0.115. The van der Waals surface area contributed by atoms with Crippen LogP contribution in [0.25, 0.3) is 0 Å². The smallest absolute Gasteiger partial charge is 0.238 e. The summed E-state index contributed by atoms with van der Waals surface area (Å²) >= 11 is 0. The lowest BCUT2D eigenvalue weighted by Gasteiger charge is -2.58. The van der Waals surface area contributed by atoms with Crippen LogP contribution in [0.1, 0.15) is 42.4 Å². The van der Waals surface area contributed by atoms with Gasteiger partial charge in [-0.05, 0) is 29.7 Å². The molecule has 0 radical (unpaired) electrons. The van der Waals surface area contributed by atoms with E-state index in [1.165, 1.54) is 4.31 Å². The zero-order valence-electron chi connectivity index (χ0n) is 18.1. The summed E-state index contributed by atoms with van der Waals surface area (Å²) in [5.41, 5.74) is 2.60. The van der Waals surface area contributed by atoms with Gasteiger partial charge in [0.25, 0.3) is 0 Å². The average Bonchev–Trinajstić information content (AvgIpc) is 2.76. The van der Waals surface area contributed by atoms with Crippen molar-refractivity contribution in [1.29, 1.82) is 0 Å². The number of nitrogens with zero attached hydrogens (tertiary/aromatic N) is 2. The molecule has 2 heterocycles. The topological polar surface area (TPSA) is 77.9 Å². The summed E-state index contributed by atoms with van der Waals surface area (Å²) in [4.78, 5) is 14.5. The molecule has 1 N–H and O–H groups in total. The largest absolute Gasteiger partial charge is 0.394 e. The first-order chi connectivity index (χ1) is 15.4. The molecule has 2 aromatic rings. The van der Waals surface area contributed by atoms with E-state index in [0.717, 1.165) is 24.0 Å². The summed E-state index contributed by atoms with van der Waals surface area (Å²) in [6.07, 6.45) is 1.87. The van der Waals surface area contributed by atoms with E-state index >= 15 is 0 Å². The average molecular weight is 453 g/mol. The van der Waals surface area contributed by atoms with E-state index in [1.807, 2.05) is 30.3 Å². The van der Waals surface area contributed by atoms with E-state index in [2.05, 4.69) is 18.8 Å². The predicted octanol–water partition coefficient (Wildman–Crippen LogP) is 2.34. The van der Waals surface area contributed by atoms with Crippen LogP contribution in [0.3, 0.4) is 0 Å². The van der Waals surface area contributed by atoms with Gasteiger partial charge in [-0.2, -0.15) is 4.31 Å². The standard InChI is InChI=1S/C25H28N2O4S/c1-2-3-5-8-19-11-13-21(14-12-19)25-22-15-26(16-24(29)27(22)23(25)17-28)32(30,31)18-20-9-6-4-7-10-20/h4,6-7,9-14,22-23,25,28H,2-3,15-18H2,1H3/t22-,23-,25-/m1/s1. The monoisotopic (exact) mass is 452 g/mol. The van der Waals surface area contributed by atoms with Crippen LogP contribution in [0.2, 0.25) is 0 Å². The molecule has 2 aromatic carbocycles. The molecule has 2 aliphatic heterocycles. The van der Waals surface area contributed by atoms with E-state index < -0.39 is 10.0 Å². The molecule has 3 atom stereocenters. The second kappa shape index (κ2) is 9.45. The number of fused-ring (bicyclic) bond motifs is 1. The third-order valence-corrected chi connectivity index (χ3v) is 7.97. The summed E-state index contributed by atoms with van der Waals surface area (Å²) in [7, 11) is -3.64. The second-order valence-corrected chi connectivity index (χ2v) is 10.3. The molecule has 0 unspecified atom stereocenters. The van der Waals surface area contributed by atoms with Gasteiger partial charge in [0, 0.05) is 24.4 Å². The van der Waals surface area contributed by atoms with Crippen molar-refractivity contribution in [2.24, 2.45) is 0 Å². The number of sulfonamides is 1. The maximum atomic E-state index is 13.0. The van der Waals surface area contributed by atoms with Crippen LogP contribution in [0.4, 0.5) is 0 Å². The van der Waals surface area contributed by atoms with Crippen LogP contribution >= 0.6 is 0 Å². The molecule has 1 amide bonds. The van der Waals surface area contributed by atoms with Gasteiger partial charge in [0.1, 0.15) is 0 Å². The van der Waals surface area contributed by atoms with Gasteiger partial charge in [0.2, 0.25) is 15.9 Å². The van der Waals surface area contributed by atoms with Gasteiger partial charge in [-0.15, -0.1) is 0 Å². The number of piperazine rings is 1. The van der Waals surface area contributed by atoms with Crippen molar-refractivity contribution in [3.8, 4) is 11.8 Å². The highest BCUT2D eigenvalue weighted by molar-refractivity contribution is 7.88. The van der Waals surface area contributed by atoms with Gasteiger partial charge >= 0.3 is 0 Å². The van der Waals surface area contributed by atoms with Crippen molar-refractivity contribution in [1.82, 2.24) is 9.21 Å². The summed E-state index contributed by atoms with van der Waals surface area (Å²) in [6.45, 7) is 1.99. The molecule has 0 aromatic heterocycles. The third kappa shape index (κ3) is 4.44. The Morgan fingerprint density at radius 3 is 2.47 bits per heavy atom. The van der Waals surface area contributed by atoms with E-state index in [4.69, 9.17) is 0 Å². The fourth-order valence-corrected chi connectivity index (χ4v) is 6.12. The van der Waals surface area contributed by atoms with Crippen LogP contribution in [0, 0.1) is 11.8 Å². The Morgan fingerprint density at radius 2 is 1.81 bits per heavy atom. The highest BCUT2D eigenvalue weighted by Crippen LogP contribution is 2.43. The Morgan fingerprint density at radius 1 is 1.09 bits per heavy atom. The number of amides is 1. The number of carbonyl (C=O) groups is 1. The van der Waals surface area contributed by atoms with Crippen molar-refractivity contribution in [3.63, 3.8) is 0 Å². The van der Waals surface area contributed by atoms with Gasteiger partial charge in [-0.1, -0.05) is 61.2 Å². The first-order valence-electron chi connectivity index (χ1n) is 11.0. The summed E-state index contributed by atoms with van der Waals surface area (Å²) in [6, 6.07) is 16.2. The molecule has 0 bridgehead atoms. The van der Waals surface area contributed by atoms with E-state index in [-0.39, 0.29) is 49.4 Å². The number of rotatable bonds is 6. The molecule has 168 valence electrons. The molecule has 0 spiro atoms. The summed E-state index contributed by atoms with van der Waals surface area (Å²) in [5, 5.41) is 9.94. The first-order valence-corrected chi connectivity index (χ1v) is 12.6. The first kappa shape index (κ1) is 22.5. The number of carbonyl (C=O) groups excluding carboxylic acids is 1. The van der Waals surface area contributed by atoms with Crippen molar-refractivity contribution in [2.45, 2.75) is 43.5 Å². The van der Waals surface area contributed by atoms with Gasteiger partial charge in [0.05, 0.1) is 31.0 Å². The third-order valence-electron chi connectivity index (χ3n) is 6.21. The zero-order valence-corrected chi connectivity index (χ0v) is 19.0. The molecule has 2 aliphatic rings. The number of aliphatic hydroxyl groups excluding tert-OH is 1. The molecule has 7 heteroatoms. The summed E-state index contributed by atoms with van der Waals surface area (Å²) in [5.74, 6) is 5.76. The minimum atomic E-state index is -3.64. The molecule has 0 saturated carbocycles. The number of benzene rings is 2. The Hall–Kier alpha value is -2.66. The number of hydrogen-bond donors (Lipinski definition) is 1. The maximum Gasteiger partial charge on any atom is 0.238 e. The van der Waals surface area contributed by atoms with Crippen LogP contribution < -0.4 is 0 Å². The van der Waals surface area contributed by atoms with Crippen LogP contribution in [-0.2, 0) is 20.6 Å². The Balaban J connectivity index is 1.53. The lowest BCUT2D eigenvalue weighted by molar-refractivity contribution is -0.158. The highest BCUT2D eigenvalue weighted by atomic mass is 32.2. The van der Waals surface area contributed by atoms with Crippen molar-refractivity contribution < 1.29 is 18.3 Å². The Labute approximate surface area is 189 Å². The van der Waals surface area contributed by atoms with E-state index in [9.17, 15) is 18.3 Å². The maximum absolute atomic E-state index is 13.0. The normalized spacial score (nSPS) is 23.1. The van der Waals surface area contributed by atoms with Crippen LogP contribution in [0.15, 0.2) is 54.6 Å². The molecule has 0 aliphatic carbocycles. The Bertz CT molecular complexity index is 1120. The summed E-state index contributed by atoms with van der Waals surface area (Å²) < 4.78 is 27.4. The minimum Gasteiger partial charge on any atom is -0.394 e. The van der Waals surface area contributed by atoms with Gasteiger partial charge < -0.3 is 10.0 Å². The predicted molar refractivity (Wildman–Crippen MR) is 123 cm³/mol. The SMILES string of the molecule is CCCC#Cc1ccc([C@H]2[C@@H](CO)N3C(=O)CN(S(=O)(=O)Cc4ccccc4)C[C@H]23)cc1. The second-order valence-electron chi connectivity index (χ2n) is 8.35. The van der Waals surface area contributed by atoms with Crippen LogP contribution in [0.5, 0.6) is 0 Å². The van der Waals surface area contributed by atoms with E-state index in [1.54, 1.807) is 29.2 Å². The lowest BCUT2D eigenvalue weighted by Crippen LogP contribution is -2.73. The molecular formula is C25H28N2O4S. The van der Waals surface area contributed by atoms with Crippen molar-refractivity contribution in [3.05, 3.63) is 71.3 Å². The van der Waals surface area contributed by atoms with E-state index in [0.29, 0.717) is 5.56 Å². The Kier molecular flexibility index (Phi) is 6.66. The van der Waals surface area contributed by atoms with Gasteiger partial charge in [-0.3, -0.25) is 4.79 Å². The lowest BCUT2D eigenvalue weighted by atomic mass is 9.74. The fraction of sp³-hybridized carbons (Fsp3) is 0.400. The number of unbranched alkanes of at least 4 members (excludes halogenated alkanes) is 1. The molecule has 2 fully saturated rings. The quantitative estimate of drug-likeness (QED) is 0.683. The fourth-order valence-electron chi connectivity index (χ4n) is 4.64. The number of aliphatic hydroxyl groups is 1. The van der Waals surface area contributed by atoms with Gasteiger partial charge in [-0.25, -0.2) is 8.42 Å². The molecule has 32 heavy (non-hydrogen) atoms. The zero-order chi connectivity index (χ0) is 22.7. The van der Waals surface area contributed by atoms with Crippen LogP contribution in [-0.4, -0.2) is 60.4 Å². The van der Waals surface area contributed by atoms with Gasteiger partial charge in [0.15, 0.2) is 0 Å². The number of hydrogen-bond acceptors (Lipinski definition) is 4. The molecule has 2 saturated heterocycles.